The smallest absolute Gasteiger partial charge is 0.0832 e. The third kappa shape index (κ3) is 5.95. The van der Waals surface area contributed by atoms with Crippen molar-refractivity contribution in [2.24, 2.45) is 5.41 Å². The molecular formula is C19H38N4O. The zero-order chi connectivity index (χ0) is 17.0. The first kappa shape index (κ1) is 18.6. The van der Waals surface area contributed by atoms with Crippen molar-refractivity contribution in [3.05, 3.63) is 0 Å². The second kappa shape index (κ2) is 8.45. The first-order valence-electron chi connectivity index (χ1n) is 10.0. The molecule has 24 heavy (non-hydrogen) atoms. The van der Waals surface area contributed by atoms with Gasteiger partial charge in [0.2, 0.25) is 0 Å². The number of nitrogens with one attached hydrogen (secondary N) is 1. The van der Waals surface area contributed by atoms with E-state index in [1.807, 2.05) is 0 Å². The van der Waals surface area contributed by atoms with Crippen LogP contribution in [0, 0.1) is 5.41 Å². The average Bonchev–Trinajstić information content (AvgIpc) is 2.52. The van der Waals surface area contributed by atoms with Crippen LogP contribution in [0.4, 0.5) is 0 Å². The number of piperidine rings is 1. The molecule has 0 amide bonds. The Morgan fingerprint density at radius 3 is 2.00 bits per heavy atom. The van der Waals surface area contributed by atoms with Gasteiger partial charge in [0.05, 0.1) is 12.2 Å². The highest BCUT2D eigenvalue weighted by Crippen LogP contribution is 2.23. The number of likely N-dealkylation sites (tertiary alicyclic amines) is 2. The molecule has 3 aliphatic heterocycles. The molecule has 0 spiro atoms. The van der Waals surface area contributed by atoms with E-state index in [9.17, 15) is 0 Å². The average molecular weight is 339 g/mol. The van der Waals surface area contributed by atoms with Gasteiger partial charge in [0.25, 0.3) is 0 Å². The SMILES string of the molecule is CC(C)(C)CN1CC(OC2CCN(CCN3CCNCC3)CC2)C1. The molecule has 0 radical (unpaired) electrons. The summed E-state index contributed by atoms with van der Waals surface area (Å²) in [6, 6.07) is 0. The van der Waals surface area contributed by atoms with Crippen molar-refractivity contribution in [1.29, 1.82) is 0 Å². The van der Waals surface area contributed by atoms with Gasteiger partial charge in [-0.3, -0.25) is 9.80 Å². The molecule has 0 saturated carbocycles. The predicted octanol–water partition coefficient (Wildman–Crippen LogP) is 1.10. The van der Waals surface area contributed by atoms with E-state index in [1.54, 1.807) is 0 Å². The molecule has 5 heteroatoms. The Bertz CT molecular complexity index is 364. The van der Waals surface area contributed by atoms with Gasteiger partial charge in [-0.05, 0) is 18.3 Å². The van der Waals surface area contributed by atoms with Crippen LogP contribution >= 0.6 is 0 Å². The van der Waals surface area contributed by atoms with Gasteiger partial charge in [-0.1, -0.05) is 20.8 Å². The quantitative estimate of drug-likeness (QED) is 0.784. The van der Waals surface area contributed by atoms with Gasteiger partial charge in [-0.2, -0.15) is 0 Å². The maximum Gasteiger partial charge on any atom is 0.0832 e. The lowest BCUT2D eigenvalue weighted by Crippen LogP contribution is -2.56. The minimum Gasteiger partial charge on any atom is -0.372 e. The second-order valence-corrected chi connectivity index (χ2v) is 9.15. The summed E-state index contributed by atoms with van der Waals surface area (Å²) in [5.74, 6) is 0. The van der Waals surface area contributed by atoms with Crippen molar-refractivity contribution >= 4 is 0 Å². The Morgan fingerprint density at radius 1 is 0.833 bits per heavy atom. The molecule has 0 aromatic carbocycles. The fourth-order valence-electron chi connectivity index (χ4n) is 4.17. The molecule has 3 saturated heterocycles. The van der Waals surface area contributed by atoms with E-state index < -0.39 is 0 Å². The molecule has 3 rings (SSSR count). The molecule has 0 aliphatic carbocycles. The molecule has 0 atom stereocenters. The van der Waals surface area contributed by atoms with Gasteiger partial charge < -0.3 is 15.0 Å². The lowest BCUT2D eigenvalue weighted by atomic mass is 9.94. The van der Waals surface area contributed by atoms with Crippen molar-refractivity contribution in [3.63, 3.8) is 0 Å². The van der Waals surface area contributed by atoms with E-state index in [1.165, 1.54) is 58.7 Å². The highest BCUT2D eigenvalue weighted by Gasteiger charge is 2.33. The summed E-state index contributed by atoms with van der Waals surface area (Å²) in [6.45, 7) is 20.1. The van der Waals surface area contributed by atoms with Crippen LogP contribution < -0.4 is 5.32 Å². The number of nitrogens with zero attached hydrogens (tertiary/aromatic N) is 3. The number of rotatable bonds is 6. The molecule has 0 aromatic heterocycles. The molecule has 140 valence electrons. The molecule has 1 N–H and O–H groups in total. The summed E-state index contributed by atoms with van der Waals surface area (Å²) < 4.78 is 6.33. The monoisotopic (exact) mass is 338 g/mol. The summed E-state index contributed by atoms with van der Waals surface area (Å²) in [5.41, 5.74) is 0.404. The first-order valence-corrected chi connectivity index (χ1v) is 10.0. The van der Waals surface area contributed by atoms with Crippen LogP contribution in [0.1, 0.15) is 33.6 Å². The summed E-state index contributed by atoms with van der Waals surface area (Å²) in [6.07, 6.45) is 3.43. The molecule has 3 fully saturated rings. The minimum atomic E-state index is 0.404. The van der Waals surface area contributed by atoms with Crippen LogP contribution in [0.2, 0.25) is 0 Å². The van der Waals surface area contributed by atoms with Gasteiger partial charge in [0.1, 0.15) is 0 Å². The highest BCUT2D eigenvalue weighted by atomic mass is 16.5. The van der Waals surface area contributed by atoms with E-state index in [2.05, 4.69) is 40.8 Å². The fourth-order valence-corrected chi connectivity index (χ4v) is 4.17. The zero-order valence-corrected chi connectivity index (χ0v) is 16.1. The largest absolute Gasteiger partial charge is 0.372 e. The molecule has 5 nitrogen and oxygen atoms in total. The van der Waals surface area contributed by atoms with E-state index >= 15 is 0 Å². The maximum absolute atomic E-state index is 6.33. The van der Waals surface area contributed by atoms with E-state index in [0.29, 0.717) is 17.6 Å². The third-order valence-electron chi connectivity index (χ3n) is 5.48. The molecule has 3 heterocycles. The normalized spacial score (nSPS) is 26.6. The van der Waals surface area contributed by atoms with Crippen LogP contribution in [0.25, 0.3) is 0 Å². The standard InChI is InChI=1S/C19H38N4O/c1-19(2,3)16-23-14-18(15-23)24-17-4-8-21(9-5-17)12-13-22-10-6-20-7-11-22/h17-18,20H,4-16H2,1-3H3. The Labute approximate surface area is 148 Å². The number of hydrogen-bond donors (Lipinski definition) is 1. The second-order valence-electron chi connectivity index (χ2n) is 9.15. The van der Waals surface area contributed by atoms with E-state index in [-0.39, 0.29) is 0 Å². The van der Waals surface area contributed by atoms with Crippen molar-refractivity contribution < 1.29 is 4.74 Å². The number of piperazine rings is 1. The topological polar surface area (TPSA) is 31.0 Å². The summed E-state index contributed by atoms with van der Waals surface area (Å²) in [7, 11) is 0. The van der Waals surface area contributed by atoms with Gasteiger partial charge in [-0.25, -0.2) is 0 Å². The fraction of sp³-hybridized carbons (Fsp3) is 1.00. The lowest BCUT2D eigenvalue weighted by Gasteiger charge is -2.44. The summed E-state index contributed by atoms with van der Waals surface area (Å²) in [5, 5.41) is 3.43. The van der Waals surface area contributed by atoms with Crippen molar-refractivity contribution in [2.45, 2.75) is 45.8 Å². The molecule has 0 unspecified atom stereocenters. The molecule has 3 aliphatic rings. The van der Waals surface area contributed by atoms with Gasteiger partial charge in [-0.15, -0.1) is 0 Å². The Kier molecular flexibility index (Phi) is 6.55. The molecule has 0 bridgehead atoms. The lowest BCUT2D eigenvalue weighted by molar-refractivity contribution is -0.112. The molecular weight excluding hydrogens is 300 g/mol. The van der Waals surface area contributed by atoms with Gasteiger partial charge in [0.15, 0.2) is 0 Å². The number of ether oxygens (including phenoxy) is 1. The van der Waals surface area contributed by atoms with Crippen LogP contribution in [-0.4, -0.2) is 98.9 Å². The third-order valence-corrected chi connectivity index (χ3v) is 5.48. The van der Waals surface area contributed by atoms with Crippen LogP contribution in [0.15, 0.2) is 0 Å². The van der Waals surface area contributed by atoms with E-state index in [4.69, 9.17) is 4.74 Å². The van der Waals surface area contributed by atoms with Crippen LogP contribution in [0.5, 0.6) is 0 Å². The van der Waals surface area contributed by atoms with Crippen molar-refractivity contribution in [1.82, 2.24) is 20.0 Å². The van der Waals surface area contributed by atoms with Gasteiger partial charge in [0, 0.05) is 72.0 Å². The van der Waals surface area contributed by atoms with Crippen LogP contribution in [-0.2, 0) is 4.74 Å². The van der Waals surface area contributed by atoms with Crippen LogP contribution in [0.3, 0.4) is 0 Å². The summed E-state index contributed by atoms with van der Waals surface area (Å²) >= 11 is 0. The Balaban J connectivity index is 1.25. The van der Waals surface area contributed by atoms with Crippen molar-refractivity contribution in [2.75, 3.05) is 72.0 Å². The number of hydrogen-bond acceptors (Lipinski definition) is 5. The Morgan fingerprint density at radius 2 is 1.42 bits per heavy atom. The highest BCUT2D eigenvalue weighted by molar-refractivity contribution is 4.85. The van der Waals surface area contributed by atoms with Crippen molar-refractivity contribution in [3.8, 4) is 0 Å². The van der Waals surface area contributed by atoms with E-state index in [0.717, 1.165) is 26.2 Å². The predicted molar refractivity (Wildman–Crippen MR) is 99.5 cm³/mol. The minimum absolute atomic E-state index is 0.404. The van der Waals surface area contributed by atoms with Gasteiger partial charge >= 0.3 is 0 Å². The zero-order valence-electron chi connectivity index (χ0n) is 16.1. The Hall–Kier alpha value is -0.200. The summed E-state index contributed by atoms with van der Waals surface area (Å²) in [4.78, 5) is 7.76. The maximum atomic E-state index is 6.33. The molecule has 0 aromatic rings. The first-order chi connectivity index (χ1) is 11.5.